The van der Waals surface area contributed by atoms with E-state index in [1.807, 2.05) is 6.92 Å². The van der Waals surface area contributed by atoms with Gasteiger partial charge < -0.3 is 0 Å². The Labute approximate surface area is 72.1 Å². The predicted molar refractivity (Wildman–Crippen MR) is 45.0 cm³/mol. The van der Waals surface area contributed by atoms with Crippen molar-refractivity contribution in [2.45, 2.75) is 6.92 Å². The van der Waals surface area contributed by atoms with Crippen LogP contribution in [0.5, 0.6) is 0 Å². The van der Waals surface area contributed by atoms with Crippen LogP contribution in [-0.2, 0) is 0 Å². The fourth-order valence-corrected chi connectivity index (χ4v) is 1.54. The Morgan fingerprint density at radius 3 is 3.09 bits per heavy atom. The third-order valence-electron chi connectivity index (χ3n) is 1.30. The van der Waals surface area contributed by atoms with Gasteiger partial charge in [-0.2, -0.15) is 0 Å². The molecule has 11 heavy (non-hydrogen) atoms. The van der Waals surface area contributed by atoms with Gasteiger partial charge in [0, 0.05) is 0 Å². The molecule has 2 aromatic heterocycles. The number of rotatable bonds is 0. The second-order valence-corrected chi connectivity index (χ2v) is 3.27. The monoisotopic (exact) mass is 185 g/mol. The first-order valence-electron chi connectivity index (χ1n) is 3.01. The van der Waals surface area contributed by atoms with E-state index in [1.165, 1.54) is 11.3 Å². The first kappa shape index (κ1) is 6.94. The minimum atomic E-state index is 0.460. The Morgan fingerprint density at radius 2 is 2.27 bits per heavy atom. The van der Waals surface area contributed by atoms with E-state index in [-0.39, 0.29) is 0 Å². The van der Waals surface area contributed by atoms with Crippen LogP contribution in [0.15, 0.2) is 5.51 Å². The van der Waals surface area contributed by atoms with E-state index in [4.69, 9.17) is 11.6 Å². The van der Waals surface area contributed by atoms with Gasteiger partial charge in [0.05, 0.1) is 11.2 Å². The molecule has 2 heterocycles. The molecule has 0 amide bonds. The summed E-state index contributed by atoms with van der Waals surface area (Å²) in [5, 5.41) is 0.460. The highest BCUT2D eigenvalue weighted by Crippen LogP contribution is 2.17. The minimum Gasteiger partial charge on any atom is -0.228 e. The fourth-order valence-electron chi connectivity index (χ4n) is 0.762. The number of aromatic nitrogens is 3. The minimum absolute atomic E-state index is 0.460. The molecule has 0 aliphatic carbocycles. The molecule has 0 spiro atoms. The number of aryl methyl sites for hydroxylation is 1. The number of hydrogen-bond acceptors (Lipinski definition) is 4. The molecule has 0 saturated heterocycles. The van der Waals surface area contributed by atoms with Crippen LogP contribution in [0.2, 0.25) is 5.15 Å². The fraction of sp³-hybridized carbons (Fsp3) is 0.167. The van der Waals surface area contributed by atoms with Gasteiger partial charge in [-0.15, -0.1) is 11.3 Å². The molecule has 0 radical (unpaired) electrons. The van der Waals surface area contributed by atoms with Crippen LogP contribution in [0.1, 0.15) is 5.69 Å². The molecular formula is C6H4ClN3S. The van der Waals surface area contributed by atoms with Crippen LogP contribution in [0, 0.1) is 6.92 Å². The summed E-state index contributed by atoms with van der Waals surface area (Å²) in [5.74, 6) is 0. The summed E-state index contributed by atoms with van der Waals surface area (Å²) in [6, 6.07) is 0. The van der Waals surface area contributed by atoms with Crippen molar-refractivity contribution in [2.24, 2.45) is 0 Å². The Hall–Kier alpha value is -0.740. The van der Waals surface area contributed by atoms with E-state index in [0.717, 1.165) is 10.5 Å². The molecule has 0 aromatic carbocycles. The molecule has 0 bridgehead atoms. The number of halogens is 1. The number of thiazole rings is 1. The van der Waals surface area contributed by atoms with Crippen molar-refractivity contribution in [2.75, 3.05) is 0 Å². The standard InChI is InChI=1S/C6H4ClN3S/c1-3-4(7)10-6-5(9-3)8-2-11-6/h2H,1H3. The van der Waals surface area contributed by atoms with Crippen molar-refractivity contribution in [3.8, 4) is 0 Å². The number of fused-ring (bicyclic) bond motifs is 1. The second kappa shape index (κ2) is 2.39. The van der Waals surface area contributed by atoms with Gasteiger partial charge in [0.2, 0.25) is 0 Å². The summed E-state index contributed by atoms with van der Waals surface area (Å²) in [6.45, 7) is 1.81. The molecule has 0 saturated carbocycles. The SMILES string of the molecule is Cc1nc2ncsc2nc1Cl. The molecule has 0 aliphatic heterocycles. The van der Waals surface area contributed by atoms with Crippen LogP contribution in [0.25, 0.3) is 10.5 Å². The van der Waals surface area contributed by atoms with Gasteiger partial charge in [-0.25, -0.2) is 15.0 Å². The molecule has 3 nitrogen and oxygen atoms in total. The smallest absolute Gasteiger partial charge is 0.189 e. The highest BCUT2D eigenvalue weighted by Gasteiger charge is 2.03. The zero-order valence-electron chi connectivity index (χ0n) is 5.71. The number of hydrogen-bond donors (Lipinski definition) is 0. The first-order chi connectivity index (χ1) is 5.27. The van der Waals surface area contributed by atoms with Crippen LogP contribution in [0.4, 0.5) is 0 Å². The molecule has 2 aromatic rings. The zero-order valence-corrected chi connectivity index (χ0v) is 7.28. The lowest BCUT2D eigenvalue weighted by Crippen LogP contribution is -1.86. The average Bonchev–Trinajstić information content (AvgIpc) is 2.36. The van der Waals surface area contributed by atoms with Crippen LogP contribution < -0.4 is 0 Å². The summed E-state index contributed by atoms with van der Waals surface area (Å²) >= 11 is 7.19. The molecule has 0 fully saturated rings. The summed E-state index contributed by atoms with van der Waals surface area (Å²) < 4.78 is 0. The van der Waals surface area contributed by atoms with E-state index in [0.29, 0.717) is 10.8 Å². The van der Waals surface area contributed by atoms with Gasteiger partial charge in [0.1, 0.15) is 0 Å². The van der Waals surface area contributed by atoms with Gasteiger partial charge in [-0.05, 0) is 6.92 Å². The van der Waals surface area contributed by atoms with E-state index in [1.54, 1.807) is 5.51 Å². The Kier molecular flexibility index (Phi) is 1.51. The number of nitrogens with zero attached hydrogens (tertiary/aromatic N) is 3. The molecule has 0 aliphatic rings. The molecule has 0 atom stereocenters. The van der Waals surface area contributed by atoms with Crippen molar-refractivity contribution < 1.29 is 0 Å². The highest BCUT2D eigenvalue weighted by atomic mass is 35.5. The maximum atomic E-state index is 5.75. The van der Waals surface area contributed by atoms with Crippen LogP contribution >= 0.6 is 22.9 Å². The summed E-state index contributed by atoms with van der Waals surface area (Å²) in [4.78, 5) is 13.0. The summed E-state index contributed by atoms with van der Waals surface area (Å²) in [5.41, 5.74) is 3.11. The highest BCUT2D eigenvalue weighted by molar-refractivity contribution is 7.16. The molecule has 56 valence electrons. The van der Waals surface area contributed by atoms with Crippen molar-refractivity contribution in [3.63, 3.8) is 0 Å². The van der Waals surface area contributed by atoms with Gasteiger partial charge in [-0.3, -0.25) is 0 Å². The molecular weight excluding hydrogens is 182 g/mol. The van der Waals surface area contributed by atoms with Crippen LogP contribution in [-0.4, -0.2) is 15.0 Å². The van der Waals surface area contributed by atoms with E-state index in [2.05, 4.69) is 15.0 Å². The molecule has 0 N–H and O–H groups in total. The first-order valence-corrected chi connectivity index (χ1v) is 4.26. The quantitative estimate of drug-likeness (QED) is 0.631. The lowest BCUT2D eigenvalue weighted by atomic mass is 10.5. The zero-order chi connectivity index (χ0) is 7.84. The van der Waals surface area contributed by atoms with E-state index < -0.39 is 0 Å². The summed E-state index contributed by atoms with van der Waals surface area (Å²) in [6.07, 6.45) is 0. The predicted octanol–water partition coefficient (Wildman–Crippen LogP) is 2.05. The van der Waals surface area contributed by atoms with Crippen molar-refractivity contribution >= 4 is 33.4 Å². The molecule has 5 heteroatoms. The topological polar surface area (TPSA) is 38.7 Å². The maximum absolute atomic E-state index is 5.75. The Bertz CT molecular complexity index is 362. The Morgan fingerprint density at radius 1 is 1.45 bits per heavy atom. The van der Waals surface area contributed by atoms with E-state index in [9.17, 15) is 0 Å². The lowest BCUT2D eigenvalue weighted by molar-refractivity contribution is 1.17. The Balaban J connectivity index is 2.86. The largest absolute Gasteiger partial charge is 0.228 e. The van der Waals surface area contributed by atoms with E-state index >= 15 is 0 Å². The van der Waals surface area contributed by atoms with Gasteiger partial charge >= 0.3 is 0 Å². The lowest BCUT2D eigenvalue weighted by Gasteiger charge is -1.92. The van der Waals surface area contributed by atoms with Crippen molar-refractivity contribution in [1.82, 2.24) is 15.0 Å². The van der Waals surface area contributed by atoms with Gasteiger partial charge in [0.25, 0.3) is 0 Å². The normalized spacial score (nSPS) is 10.7. The van der Waals surface area contributed by atoms with Crippen molar-refractivity contribution in [3.05, 3.63) is 16.4 Å². The average molecular weight is 186 g/mol. The molecule has 2 rings (SSSR count). The van der Waals surface area contributed by atoms with Gasteiger partial charge in [0.15, 0.2) is 15.6 Å². The van der Waals surface area contributed by atoms with Gasteiger partial charge in [-0.1, -0.05) is 11.6 Å². The second-order valence-electron chi connectivity index (χ2n) is 2.08. The molecule has 0 unspecified atom stereocenters. The van der Waals surface area contributed by atoms with Crippen LogP contribution in [0.3, 0.4) is 0 Å². The third-order valence-corrected chi connectivity index (χ3v) is 2.37. The summed E-state index contributed by atoms with van der Waals surface area (Å²) in [7, 11) is 0. The third kappa shape index (κ3) is 1.08. The van der Waals surface area contributed by atoms with Crippen molar-refractivity contribution in [1.29, 1.82) is 0 Å². The maximum Gasteiger partial charge on any atom is 0.189 e.